The topological polar surface area (TPSA) is 171 Å². The molecule has 0 aliphatic carbocycles. The third-order valence-corrected chi connectivity index (χ3v) is 2.03. The van der Waals surface area contributed by atoms with Gasteiger partial charge in [-0.15, -0.1) is 5.43 Å². The zero-order chi connectivity index (χ0) is 15.4. The van der Waals surface area contributed by atoms with Gasteiger partial charge < -0.3 is 5.32 Å². The molecule has 0 bridgehead atoms. The molecule has 0 saturated heterocycles. The molecule has 1 aromatic carbocycles. The SMILES string of the molecule is CC(=O)Nc1cc([N+](=O)[O-])c([N+](=O)[O-])cc1N[N+](=O)[O-]. The quantitative estimate of drug-likeness (QED) is 0.597. The molecule has 0 fully saturated rings. The second kappa shape index (κ2) is 5.55. The molecule has 1 rings (SSSR count). The number of benzene rings is 1. The van der Waals surface area contributed by atoms with Crippen LogP contribution in [0.2, 0.25) is 0 Å². The second-order valence-electron chi connectivity index (χ2n) is 3.45. The number of nitro benzene ring substituents is 2. The summed E-state index contributed by atoms with van der Waals surface area (Å²) in [6, 6.07) is 1.28. The molecule has 106 valence electrons. The van der Waals surface area contributed by atoms with E-state index in [1.807, 2.05) is 0 Å². The van der Waals surface area contributed by atoms with E-state index in [-0.39, 0.29) is 5.69 Å². The highest BCUT2D eigenvalue weighted by atomic mass is 16.7. The maximum atomic E-state index is 10.9. The van der Waals surface area contributed by atoms with Gasteiger partial charge in [0.15, 0.2) is 5.03 Å². The summed E-state index contributed by atoms with van der Waals surface area (Å²) in [4.78, 5) is 40.7. The lowest BCUT2D eigenvalue weighted by Gasteiger charge is -2.07. The third-order valence-electron chi connectivity index (χ3n) is 2.03. The Morgan fingerprint density at radius 3 is 1.80 bits per heavy atom. The minimum atomic E-state index is -1.05. The second-order valence-corrected chi connectivity index (χ2v) is 3.45. The number of carbonyl (C=O) groups is 1. The van der Waals surface area contributed by atoms with Crippen molar-refractivity contribution in [1.82, 2.24) is 0 Å². The van der Waals surface area contributed by atoms with Crippen molar-refractivity contribution in [2.24, 2.45) is 0 Å². The van der Waals surface area contributed by atoms with E-state index in [1.165, 1.54) is 0 Å². The molecule has 0 unspecified atom stereocenters. The first-order valence-corrected chi connectivity index (χ1v) is 4.88. The number of hydrogen-bond donors (Lipinski definition) is 2. The van der Waals surface area contributed by atoms with Crippen LogP contribution in [-0.2, 0) is 4.79 Å². The van der Waals surface area contributed by atoms with Gasteiger partial charge in [-0.3, -0.25) is 25.0 Å². The minimum absolute atomic E-state index is 0.313. The number of nitro groups is 3. The summed E-state index contributed by atoms with van der Waals surface area (Å²) < 4.78 is 0. The Morgan fingerprint density at radius 1 is 1.00 bits per heavy atom. The summed E-state index contributed by atoms with van der Waals surface area (Å²) >= 11 is 0. The fourth-order valence-electron chi connectivity index (χ4n) is 1.35. The molecule has 1 amide bonds. The number of carbonyl (C=O) groups excluding carboxylic acids is 1. The largest absolute Gasteiger partial charge is 0.348 e. The molecule has 0 atom stereocenters. The lowest BCUT2D eigenvalue weighted by Crippen LogP contribution is -2.14. The van der Waals surface area contributed by atoms with Crippen LogP contribution in [0.1, 0.15) is 6.92 Å². The normalized spacial score (nSPS) is 9.65. The number of hydrazine groups is 1. The third kappa shape index (κ3) is 3.34. The first-order valence-electron chi connectivity index (χ1n) is 4.88. The van der Waals surface area contributed by atoms with E-state index in [1.54, 1.807) is 5.43 Å². The molecule has 0 aliphatic rings. The zero-order valence-corrected chi connectivity index (χ0v) is 9.85. The van der Waals surface area contributed by atoms with Gasteiger partial charge in [0.2, 0.25) is 5.91 Å². The predicted octanol–water partition coefficient (Wildman–Crippen LogP) is 1.06. The van der Waals surface area contributed by atoms with E-state index in [9.17, 15) is 35.1 Å². The predicted molar refractivity (Wildman–Crippen MR) is 64.7 cm³/mol. The first-order chi connectivity index (χ1) is 9.22. The van der Waals surface area contributed by atoms with E-state index in [4.69, 9.17) is 0 Å². The summed E-state index contributed by atoms with van der Waals surface area (Å²) in [6.45, 7) is 1.07. The van der Waals surface area contributed by atoms with Gasteiger partial charge in [-0.05, 0) is 0 Å². The number of hydrogen-bond acceptors (Lipinski definition) is 7. The lowest BCUT2D eigenvalue weighted by molar-refractivity contribution is -0.445. The average molecular weight is 285 g/mol. The van der Waals surface area contributed by atoms with Crippen molar-refractivity contribution in [2.45, 2.75) is 6.92 Å². The molecule has 0 radical (unpaired) electrons. The molecule has 0 saturated carbocycles. The fraction of sp³-hybridized carbons (Fsp3) is 0.125. The van der Waals surface area contributed by atoms with Crippen LogP contribution in [0.3, 0.4) is 0 Å². The van der Waals surface area contributed by atoms with E-state index in [0.29, 0.717) is 12.1 Å². The monoisotopic (exact) mass is 285 g/mol. The van der Waals surface area contributed by atoms with Crippen molar-refractivity contribution in [1.29, 1.82) is 0 Å². The Kier molecular flexibility index (Phi) is 4.10. The molecule has 12 heteroatoms. The van der Waals surface area contributed by atoms with Gasteiger partial charge in [-0.2, -0.15) is 0 Å². The number of rotatable bonds is 5. The van der Waals surface area contributed by atoms with Crippen LogP contribution < -0.4 is 10.7 Å². The summed E-state index contributed by atoms with van der Waals surface area (Å²) in [5.74, 6) is -0.653. The molecule has 0 heterocycles. The molecular formula is C8H7N5O7. The van der Waals surface area contributed by atoms with E-state index in [2.05, 4.69) is 5.32 Å². The van der Waals surface area contributed by atoms with Gasteiger partial charge in [0.25, 0.3) is 0 Å². The number of amides is 1. The Hall–Kier alpha value is -3.31. The Morgan fingerprint density at radius 2 is 1.45 bits per heavy atom. The van der Waals surface area contributed by atoms with Crippen LogP contribution in [0.25, 0.3) is 0 Å². The standard InChI is InChI=1S/C8H7N5O7/c1-4(14)9-5-2-7(11(15)16)8(12(17)18)3-6(5)10-13(19)20/h2-3,10H,1H3,(H,9,14). The summed E-state index contributed by atoms with van der Waals surface area (Å²) in [7, 11) is 0. The molecular weight excluding hydrogens is 278 g/mol. The van der Waals surface area contributed by atoms with Crippen molar-refractivity contribution < 1.29 is 19.7 Å². The van der Waals surface area contributed by atoms with Gasteiger partial charge in [0.05, 0.1) is 21.6 Å². The maximum Gasteiger partial charge on any atom is 0.348 e. The van der Waals surface area contributed by atoms with Crippen molar-refractivity contribution in [3.8, 4) is 0 Å². The molecule has 0 spiro atoms. The minimum Gasteiger partial charge on any atom is -0.324 e. The Labute approximate surface area is 109 Å². The molecule has 20 heavy (non-hydrogen) atoms. The van der Waals surface area contributed by atoms with Crippen molar-refractivity contribution in [3.05, 3.63) is 42.5 Å². The Balaban J connectivity index is 3.50. The smallest absolute Gasteiger partial charge is 0.324 e. The number of nitrogens with one attached hydrogen (secondary N) is 2. The van der Waals surface area contributed by atoms with Crippen LogP contribution in [0.4, 0.5) is 22.7 Å². The van der Waals surface area contributed by atoms with Crippen LogP contribution >= 0.6 is 0 Å². The first kappa shape index (κ1) is 14.7. The summed E-state index contributed by atoms with van der Waals surface area (Å²) in [6.07, 6.45) is 0. The van der Waals surface area contributed by atoms with Crippen LogP contribution in [0.5, 0.6) is 0 Å². The highest BCUT2D eigenvalue weighted by molar-refractivity contribution is 5.94. The van der Waals surface area contributed by atoms with E-state index in [0.717, 1.165) is 6.92 Å². The van der Waals surface area contributed by atoms with Crippen molar-refractivity contribution in [3.63, 3.8) is 0 Å². The summed E-state index contributed by atoms with van der Waals surface area (Å²) in [5.41, 5.74) is -0.967. The van der Waals surface area contributed by atoms with Gasteiger partial charge in [-0.1, -0.05) is 0 Å². The zero-order valence-electron chi connectivity index (χ0n) is 9.85. The fourth-order valence-corrected chi connectivity index (χ4v) is 1.35. The van der Waals surface area contributed by atoms with Gasteiger partial charge >= 0.3 is 11.4 Å². The van der Waals surface area contributed by atoms with Gasteiger partial charge in [0.1, 0.15) is 5.69 Å². The van der Waals surface area contributed by atoms with Crippen LogP contribution in [0, 0.1) is 30.3 Å². The van der Waals surface area contributed by atoms with E-state index < -0.39 is 37.8 Å². The van der Waals surface area contributed by atoms with Crippen LogP contribution in [-0.4, -0.2) is 20.8 Å². The molecule has 0 aromatic heterocycles. The average Bonchev–Trinajstić information content (AvgIpc) is 2.28. The van der Waals surface area contributed by atoms with Gasteiger partial charge in [0, 0.05) is 13.0 Å². The summed E-state index contributed by atoms with van der Waals surface area (Å²) in [5, 5.41) is 32.9. The molecule has 12 nitrogen and oxygen atoms in total. The lowest BCUT2D eigenvalue weighted by atomic mass is 10.2. The Bertz CT molecular complexity index is 560. The van der Waals surface area contributed by atoms with Gasteiger partial charge in [-0.25, -0.2) is 10.1 Å². The molecule has 2 N–H and O–H groups in total. The number of anilines is 2. The number of nitrogens with zero attached hydrogens (tertiary/aromatic N) is 3. The highest BCUT2D eigenvalue weighted by Gasteiger charge is 2.28. The molecule has 0 aliphatic heterocycles. The van der Waals surface area contributed by atoms with Crippen molar-refractivity contribution >= 4 is 28.7 Å². The van der Waals surface area contributed by atoms with Crippen molar-refractivity contribution in [2.75, 3.05) is 10.7 Å². The maximum absolute atomic E-state index is 10.9. The molecule has 1 aromatic rings. The van der Waals surface area contributed by atoms with Crippen LogP contribution in [0.15, 0.2) is 12.1 Å². The highest BCUT2D eigenvalue weighted by Crippen LogP contribution is 2.36. The van der Waals surface area contributed by atoms with E-state index >= 15 is 0 Å².